The number of methoxy groups -OCH3 is 1. The molecule has 0 aliphatic carbocycles. The van der Waals surface area contributed by atoms with Gasteiger partial charge in [-0.25, -0.2) is 23.7 Å². The van der Waals surface area contributed by atoms with Gasteiger partial charge in [-0.15, -0.1) is 5.10 Å². The van der Waals surface area contributed by atoms with Gasteiger partial charge in [-0.2, -0.15) is 0 Å². The molecule has 0 aliphatic rings. The molecule has 0 saturated carbocycles. The highest BCUT2D eigenvalue weighted by Gasteiger charge is 2.16. The third kappa shape index (κ3) is 4.74. The molecule has 168 valence electrons. The first-order chi connectivity index (χ1) is 15.8. The molecule has 0 saturated heterocycles. The van der Waals surface area contributed by atoms with Crippen LogP contribution in [0.2, 0.25) is 0 Å². The van der Waals surface area contributed by atoms with E-state index in [0.29, 0.717) is 17.0 Å². The molecule has 0 spiro atoms. The number of esters is 1. The number of hydrogen-bond donors (Lipinski definition) is 1. The van der Waals surface area contributed by atoms with Crippen molar-refractivity contribution in [2.24, 2.45) is 0 Å². The minimum atomic E-state index is -0.506. The number of carbonyl (C=O) groups excluding carboxylic acids is 2. The van der Waals surface area contributed by atoms with E-state index in [0.717, 1.165) is 15.8 Å². The van der Waals surface area contributed by atoms with Crippen LogP contribution in [0.25, 0.3) is 5.65 Å². The first-order valence-electron chi connectivity index (χ1n) is 10.0. The molecule has 0 bridgehead atoms. The highest BCUT2D eigenvalue weighted by atomic mass is 16.5. The van der Waals surface area contributed by atoms with Crippen LogP contribution < -0.4 is 15.7 Å². The Balaban J connectivity index is 1.54. The highest BCUT2D eigenvalue weighted by molar-refractivity contribution is 5.92. The number of carbonyl (C=O) groups is 2. The Morgan fingerprint density at radius 2 is 1.76 bits per heavy atom. The normalized spacial score (nSPS) is 10.8. The standard InChI is InChI=1S/C23H21N5O5/c1-14-10-15(2)12-18(11-14)33-21-20-26-28(23(31)27(20)9-8-24-21)13-19(29)25-17-6-4-16(5-7-17)22(30)32-3/h4-12H,13H2,1-3H3,(H,25,29). The van der Waals surface area contributed by atoms with Crippen molar-refractivity contribution in [1.82, 2.24) is 19.2 Å². The average molecular weight is 447 g/mol. The molecule has 33 heavy (non-hydrogen) atoms. The Kier molecular flexibility index (Phi) is 5.90. The molecule has 0 aliphatic heterocycles. The summed E-state index contributed by atoms with van der Waals surface area (Å²) in [5.41, 5.74) is 2.55. The summed E-state index contributed by atoms with van der Waals surface area (Å²) in [6.45, 7) is 3.59. The third-order valence-electron chi connectivity index (χ3n) is 4.76. The number of aromatic nitrogens is 4. The average Bonchev–Trinajstić information content (AvgIpc) is 3.09. The Morgan fingerprint density at radius 1 is 1.06 bits per heavy atom. The number of aryl methyl sites for hydroxylation is 2. The number of fused-ring (bicyclic) bond motifs is 1. The maximum Gasteiger partial charge on any atom is 0.351 e. The van der Waals surface area contributed by atoms with E-state index in [4.69, 9.17) is 4.74 Å². The molecule has 4 rings (SSSR count). The smallest absolute Gasteiger partial charge is 0.351 e. The maximum absolute atomic E-state index is 12.7. The van der Waals surface area contributed by atoms with Crippen molar-refractivity contribution in [2.45, 2.75) is 20.4 Å². The van der Waals surface area contributed by atoms with Crippen LogP contribution in [-0.4, -0.2) is 38.2 Å². The molecule has 2 aromatic carbocycles. The largest absolute Gasteiger partial charge is 0.465 e. The summed E-state index contributed by atoms with van der Waals surface area (Å²) in [7, 11) is 1.29. The van der Waals surface area contributed by atoms with Crippen LogP contribution in [0, 0.1) is 13.8 Å². The van der Waals surface area contributed by atoms with Crippen LogP contribution >= 0.6 is 0 Å². The van der Waals surface area contributed by atoms with E-state index in [1.54, 1.807) is 12.1 Å². The van der Waals surface area contributed by atoms with Gasteiger partial charge in [0, 0.05) is 18.1 Å². The molecule has 0 radical (unpaired) electrons. The van der Waals surface area contributed by atoms with Crippen molar-refractivity contribution in [3.8, 4) is 11.6 Å². The number of amides is 1. The van der Waals surface area contributed by atoms with Crippen molar-refractivity contribution in [1.29, 1.82) is 0 Å². The van der Waals surface area contributed by atoms with Gasteiger partial charge in [-0.1, -0.05) is 6.07 Å². The first-order valence-corrected chi connectivity index (χ1v) is 10.0. The minimum Gasteiger partial charge on any atom is -0.465 e. The van der Waals surface area contributed by atoms with E-state index < -0.39 is 17.6 Å². The van der Waals surface area contributed by atoms with Gasteiger partial charge in [0.1, 0.15) is 12.3 Å². The zero-order valence-electron chi connectivity index (χ0n) is 18.2. The molecule has 10 heteroatoms. The van der Waals surface area contributed by atoms with Crippen molar-refractivity contribution < 1.29 is 19.1 Å². The Labute approximate surface area is 188 Å². The summed E-state index contributed by atoms with van der Waals surface area (Å²) in [5, 5.41) is 6.91. The van der Waals surface area contributed by atoms with Gasteiger partial charge in [-0.3, -0.25) is 4.79 Å². The predicted molar refractivity (Wildman–Crippen MR) is 120 cm³/mol. The lowest BCUT2D eigenvalue weighted by atomic mass is 10.1. The molecule has 10 nitrogen and oxygen atoms in total. The van der Waals surface area contributed by atoms with Gasteiger partial charge in [0.05, 0.1) is 12.7 Å². The van der Waals surface area contributed by atoms with Gasteiger partial charge < -0.3 is 14.8 Å². The molecule has 2 heterocycles. The lowest BCUT2D eigenvalue weighted by Crippen LogP contribution is -2.28. The number of nitrogens with one attached hydrogen (secondary N) is 1. The molecule has 1 N–H and O–H groups in total. The first kappa shape index (κ1) is 21.8. The Hall–Kier alpha value is -4.47. The van der Waals surface area contributed by atoms with Gasteiger partial charge in [-0.05, 0) is 61.4 Å². The van der Waals surface area contributed by atoms with Gasteiger partial charge in [0.2, 0.25) is 11.6 Å². The molecule has 0 fully saturated rings. The monoisotopic (exact) mass is 447 g/mol. The fourth-order valence-corrected chi connectivity index (χ4v) is 3.35. The molecule has 1 amide bonds. The summed E-state index contributed by atoms with van der Waals surface area (Å²) in [5.74, 6) is -0.215. The van der Waals surface area contributed by atoms with E-state index in [1.807, 2.05) is 32.0 Å². The number of benzene rings is 2. The van der Waals surface area contributed by atoms with Gasteiger partial charge in [0.25, 0.3) is 5.88 Å². The Bertz CT molecular complexity index is 1390. The molecular weight excluding hydrogens is 426 g/mol. The second-order valence-electron chi connectivity index (χ2n) is 7.41. The zero-order chi connectivity index (χ0) is 23.5. The van der Waals surface area contributed by atoms with Gasteiger partial charge in [0.15, 0.2) is 0 Å². The second-order valence-corrected chi connectivity index (χ2v) is 7.41. The highest BCUT2D eigenvalue weighted by Crippen LogP contribution is 2.24. The van der Waals surface area contributed by atoms with E-state index in [2.05, 4.69) is 20.1 Å². The molecule has 0 unspecified atom stereocenters. The van der Waals surface area contributed by atoms with E-state index in [1.165, 1.54) is 36.0 Å². The number of rotatable bonds is 6. The van der Waals surface area contributed by atoms with E-state index in [-0.39, 0.29) is 18.1 Å². The third-order valence-corrected chi connectivity index (χ3v) is 4.76. The quantitative estimate of drug-likeness (QED) is 0.452. The van der Waals surface area contributed by atoms with Crippen LogP contribution in [-0.2, 0) is 16.1 Å². The summed E-state index contributed by atoms with van der Waals surface area (Å²) < 4.78 is 12.8. The lowest BCUT2D eigenvalue weighted by molar-refractivity contribution is -0.117. The molecule has 4 aromatic rings. The number of ether oxygens (including phenoxy) is 2. The fraction of sp³-hybridized carbons (Fsp3) is 0.174. The van der Waals surface area contributed by atoms with Crippen molar-refractivity contribution >= 4 is 23.2 Å². The summed E-state index contributed by atoms with van der Waals surface area (Å²) in [6, 6.07) is 11.9. The van der Waals surface area contributed by atoms with Gasteiger partial charge >= 0.3 is 11.7 Å². The number of hydrogen-bond acceptors (Lipinski definition) is 7. The number of anilines is 1. The summed E-state index contributed by atoms with van der Waals surface area (Å²) >= 11 is 0. The predicted octanol–water partition coefficient (Wildman–Crippen LogP) is 2.73. The summed E-state index contributed by atoms with van der Waals surface area (Å²) in [4.78, 5) is 40.9. The lowest BCUT2D eigenvalue weighted by Gasteiger charge is -2.07. The van der Waals surface area contributed by atoms with Crippen LogP contribution in [0.4, 0.5) is 5.69 Å². The second kappa shape index (κ2) is 8.95. The topological polar surface area (TPSA) is 117 Å². The number of nitrogens with zero attached hydrogens (tertiary/aromatic N) is 4. The van der Waals surface area contributed by atoms with E-state index >= 15 is 0 Å². The SMILES string of the molecule is COC(=O)c1ccc(NC(=O)Cn2nc3c(Oc4cc(C)cc(C)c4)nccn3c2=O)cc1. The zero-order valence-corrected chi connectivity index (χ0v) is 18.2. The fourth-order valence-electron chi connectivity index (χ4n) is 3.35. The van der Waals surface area contributed by atoms with Crippen LogP contribution in [0.15, 0.2) is 59.7 Å². The molecular formula is C23H21N5O5. The van der Waals surface area contributed by atoms with Crippen LogP contribution in [0.1, 0.15) is 21.5 Å². The minimum absolute atomic E-state index is 0.150. The van der Waals surface area contributed by atoms with Crippen molar-refractivity contribution in [3.05, 3.63) is 82.0 Å². The Morgan fingerprint density at radius 3 is 2.42 bits per heavy atom. The van der Waals surface area contributed by atoms with Crippen molar-refractivity contribution in [2.75, 3.05) is 12.4 Å². The maximum atomic E-state index is 12.7. The molecule has 0 atom stereocenters. The van der Waals surface area contributed by atoms with Crippen LogP contribution in [0.5, 0.6) is 11.6 Å². The van der Waals surface area contributed by atoms with Crippen molar-refractivity contribution in [3.63, 3.8) is 0 Å². The molecule has 2 aromatic heterocycles. The van der Waals surface area contributed by atoms with Crippen LogP contribution in [0.3, 0.4) is 0 Å². The van der Waals surface area contributed by atoms with E-state index in [9.17, 15) is 14.4 Å². The summed E-state index contributed by atoms with van der Waals surface area (Å²) in [6.07, 6.45) is 2.89.